The summed E-state index contributed by atoms with van der Waals surface area (Å²) in [5.41, 5.74) is 0.193. The summed E-state index contributed by atoms with van der Waals surface area (Å²) in [6.07, 6.45) is 1.19. The fraction of sp³-hybridized carbons (Fsp3) is 0.385. The molecule has 0 aliphatic heterocycles. The molecule has 5 heteroatoms. The second-order valence-corrected chi connectivity index (χ2v) is 3.92. The van der Waals surface area contributed by atoms with Crippen LogP contribution in [0.3, 0.4) is 0 Å². The van der Waals surface area contributed by atoms with Gasteiger partial charge in [-0.3, -0.25) is 4.79 Å². The number of halogens is 2. The third kappa shape index (κ3) is 3.81. The van der Waals surface area contributed by atoms with Crippen LogP contribution >= 0.6 is 0 Å². The van der Waals surface area contributed by atoms with Crippen molar-refractivity contribution in [1.82, 2.24) is 5.32 Å². The number of rotatable bonds is 5. The number of nitriles is 1. The van der Waals surface area contributed by atoms with E-state index >= 15 is 0 Å². The molecule has 1 unspecified atom stereocenters. The van der Waals surface area contributed by atoms with Gasteiger partial charge in [0.15, 0.2) is 0 Å². The van der Waals surface area contributed by atoms with Crippen molar-refractivity contribution in [3.05, 3.63) is 35.4 Å². The maximum atomic E-state index is 13.3. The van der Waals surface area contributed by atoms with Gasteiger partial charge in [0, 0.05) is 18.2 Å². The minimum absolute atomic E-state index is 0.0488. The molecule has 1 aromatic carbocycles. The Hall–Kier alpha value is -1.96. The van der Waals surface area contributed by atoms with E-state index in [9.17, 15) is 13.6 Å². The molecule has 18 heavy (non-hydrogen) atoms. The van der Waals surface area contributed by atoms with Crippen molar-refractivity contribution in [1.29, 1.82) is 5.26 Å². The maximum Gasteiger partial charge on any atom is 0.237 e. The Balaban J connectivity index is 2.60. The maximum absolute atomic E-state index is 13.3. The SMILES string of the molecule is CCCC(C#N)C(=O)NCc1ccc(F)cc1F. The van der Waals surface area contributed by atoms with Gasteiger partial charge in [-0.1, -0.05) is 19.4 Å². The van der Waals surface area contributed by atoms with E-state index in [1.807, 2.05) is 13.0 Å². The molecule has 0 radical (unpaired) electrons. The van der Waals surface area contributed by atoms with E-state index < -0.39 is 23.5 Å². The number of nitrogens with one attached hydrogen (secondary N) is 1. The normalized spacial score (nSPS) is 11.7. The summed E-state index contributed by atoms with van der Waals surface area (Å²) in [5, 5.41) is 11.3. The van der Waals surface area contributed by atoms with Crippen molar-refractivity contribution in [3.63, 3.8) is 0 Å². The van der Waals surface area contributed by atoms with Gasteiger partial charge in [-0.05, 0) is 12.5 Å². The van der Waals surface area contributed by atoms with E-state index in [-0.39, 0.29) is 12.1 Å². The molecule has 0 saturated heterocycles. The molecule has 0 aromatic heterocycles. The quantitative estimate of drug-likeness (QED) is 0.875. The Labute approximate surface area is 104 Å². The van der Waals surface area contributed by atoms with Gasteiger partial charge in [0.25, 0.3) is 0 Å². The van der Waals surface area contributed by atoms with E-state index in [4.69, 9.17) is 5.26 Å². The molecule has 0 heterocycles. The zero-order valence-corrected chi connectivity index (χ0v) is 10.0. The lowest BCUT2D eigenvalue weighted by molar-refractivity contribution is -0.123. The zero-order valence-electron chi connectivity index (χ0n) is 10.0. The summed E-state index contributed by atoms with van der Waals surface area (Å²) >= 11 is 0. The van der Waals surface area contributed by atoms with Gasteiger partial charge in [0.05, 0.1) is 6.07 Å². The molecule has 1 N–H and O–H groups in total. The van der Waals surface area contributed by atoms with Gasteiger partial charge < -0.3 is 5.32 Å². The Kier molecular flexibility index (Phi) is 5.25. The van der Waals surface area contributed by atoms with Crippen LogP contribution in [0.25, 0.3) is 0 Å². The van der Waals surface area contributed by atoms with Crippen molar-refractivity contribution in [2.75, 3.05) is 0 Å². The number of amides is 1. The molecule has 0 aliphatic rings. The standard InChI is InChI=1S/C13H14F2N2O/c1-2-3-9(7-16)13(18)17-8-10-4-5-11(14)6-12(10)15/h4-6,9H,2-3,8H2,1H3,(H,17,18). The molecular formula is C13H14F2N2O. The molecule has 0 aliphatic carbocycles. The number of nitrogens with zero attached hydrogens (tertiary/aromatic N) is 1. The van der Waals surface area contributed by atoms with Gasteiger partial charge in [0.1, 0.15) is 17.6 Å². The summed E-state index contributed by atoms with van der Waals surface area (Å²) in [7, 11) is 0. The van der Waals surface area contributed by atoms with Gasteiger partial charge in [-0.25, -0.2) is 8.78 Å². The van der Waals surface area contributed by atoms with Crippen molar-refractivity contribution >= 4 is 5.91 Å². The highest BCUT2D eigenvalue weighted by molar-refractivity contribution is 5.80. The third-order valence-electron chi connectivity index (χ3n) is 2.52. The molecule has 96 valence electrons. The highest BCUT2D eigenvalue weighted by Gasteiger charge is 2.16. The number of hydrogen-bond acceptors (Lipinski definition) is 2. The van der Waals surface area contributed by atoms with Crippen LogP contribution < -0.4 is 5.32 Å². The van der Waals surface area contributed by atoms with Crippen LogP contribution in [0, 0.1) is 28.9 Å². The monoisotopic (exact) mass is 252 g/mol. The van der Waals surface area contributed by atoms with Crippen molar-refractivity contribution < 1.29 is 13.6 Å². The molecule has 1 aromatic rings. The average Bonchev–Trinajstić information content (AvgIpc) is 2.34. The lowest BCUT2D eigenvalue weighted by Gasteiger charge is -2.09. The molecule has 1 amide bonds. The van der Waals surface area contributed by atoms with Gasteiger partial charge >= 0.3 is 0 Å². The minimum Gasteiger partial charge on any atom is -0.351 e. The van der Waals surface area contributed by atoms with Crippen LogP contribution in [0.5, 0.6) is 0 Å². The first kappa shape index (κ1) is 14.1. The number of carbonyl (C=O) groups is 1. The largest absolute Gasteiger partial charge is 0.351 e. The molecule has 0 spiro atoms. The molecule has 3 nitrogen and oxygen atoms in total. The lowest BCUT2D eigenvalue weighted by Crippen LogP contribution is -2.29. The summed E-state index contributed by atoms with van der Waals surface area (Å²) in [6, 6.07) is 5.05. The Morgan fingerprint density at radius 2 is 2.22 bits per heavy atom. The summed E-state index contributed by atoms with van der Waals surface area (Å²) in [5.74, 6) is -2.52. The van der Waals surface area contributed by atoms with Crippen LogP contribution in [0.4, 0.5) is 8.78 Å². The molecular weight excluding hydrogens is 238 g/mol. The first-order chi connectivity index (χ1) is 8.58. The minimum atomic E-state index is -0.724. The van der Waals surface area contributed by atoms with Crippen molar-refractivity contribution in [3.8, 4) is 6.07 Å². The van der Waals surface area contributed by atoms with E-state index in [1.54, 1.807) is 0 Å². The van der Waals surface area contributed by atoms with Gasteiger partial charge in [-0.2, -0.15) is 5.26 Å². The number of carbonyl (C=O) groups excluding carboxylic acids is 1. The first-order valence-electron chi connectivity index (χ1n) is 5.69. The van der Waals surface area contributed by atoms with E-state index in [0.29, 0.717) is 6.42 Å². The summed E-state index contributed by atoms with van der Waals surface area (Å²) < 4.78 is 25.9. The predicted molar refractivity (Wildman–Crippen MR) is 62.2 cm³/mol. The fourth-order valence-corrected chi connectivity index (χ4v) is 1.51. The van der Waals surface area contributed by atoms with Gasteiger partial charge in [-0.15, -0.1) is 0 Å². The Bertz CT molecular complexity index is 469. The molecule has 1 atom stereocenters. The highest BCUT2D eigenvalue weighted by Crippen LogP contribution is 2.10. The highest BCUT2D eigenvalue weighted by atomic mass is 19.1. The van der Waals surface area contributed by atoms with Crippen LogP contribution in [0.2, 0.25) is 0 Å². The second kappa shape index (κ2) is 6.70. The number of benzene rings is 1. The van der Waals surface area contributed by atoms with E-state index in [2.05, 4.69) is 5.32 Å². The fourth-order valence-electron chi connectivity index (χ4n) is 1.51. The topological polar surface area (TPSA) is 52.9 Å². The molecule has 0 saturated carbocycles. The Morgan fingerprint density at radius 1 is 1.50 bits per heavy atom. The average molecular weight is 252 g/mol. The van der Waals surface area contributed by atoms with Crippen LogP contribution in [-0.2, 0) is 11.3 Å². The number of hydrogen-bond donors (Lipinski definition) is 1. The predicted octanol–water partition coefficient (Wildman–Crippen LogP) is 2.52. The van der Waals surface area contributed by atoms with Gasteiger partial charge in [0.2, 0.25) is 5.91 Å². The molecule has 0 fully saturated rings. The van der Waals surface area contributed by atoms with Crippen molar-refractivity contribution in [2.45, 2.75) is 26.3 Å². The third-order valence-corrected chi connectivity index (χ3v) is 2.52. The molecule has 0 bridgehead atoms. The van der Waals surface area contributed by atoms with Crippen LogP contribution in [0.15, 0.2) is 18.2 Å². The van der Waals surface area contributed by atoms with Crippen LogP contribution in [0.1, 0.15) is 25.3 Å². The summed E-state index contributed by atoms with van der Waals surface area (Å²) in [4.78, 5) is 11.6. The van der Waals surface area contributed by atoms with E-state index in [1.165, 1.54) is 6.07 Å². The lowest BCUT2D eigenvalue weighted by atomic mass is 10.0. The first-order valence-corrected chi connectivity index (χ1v) is 5.69. The summed E-state index contributed by atoms with van der Waals surface area (Å²) in [6.45, 7) is 1.82. The smallest absolute Gasteiger partial charge is 0.237 e. The Morgan fingerprint density at radius 3 is 2.78 bits per heavy atom. The zero-order chi connectivity index (χ0) is 13.5. The second-order valence-electron chi connectivity index (χ2n) is 3.92. The molecule has 1 rings (SSSR count). The van der Waals surface area contributed by atoms with E-state index in [0.717, 1.165) is 18.6 Å². The van der Waals surface area contributed by atoms with Crippen LogP contribution in [-0.4, -0.2) is 5.91 Å². The van der Waals surface area contributed by atoms with Crippen molar-refractivity contribution in [2.24, 2.45) is 5.92 Å².